The average Bonchev–Trinajstić information content (AvgIpc) is 3.45. The minimum Gasteiger partial charge on any atom is -0.494 e. The number of hydrogen-bond acceptors (Lipinski definition) is 7. The molecule has 0 radical (unpaired) electrons. The van der Waals surface area contributed by atoms with Crippen molar-refractivity contribution in [1.82, 2.24) is 15.0 Å². The van der Waals surface area contributed by atoms with E-state index < -0.39 is 5.82 Å². The van der Waals surface area contributed by atoms with Crippen molar-refractivity contribution in [3.63, 3.8) is 0 Å². The molecule has 0 aliphatic carbocycles. The Kier molecular flexibility index (Phi) is 6.76. The maximum atomic E-state index is 14.1. The number of carbonyl (C=O) groups is 1. The minimum absolute atomic E-state index is 0.0462. The number of ether oxygens (including phenoxy) is 3. The van der Waals surface area contributed by atoms with Gasteiger partial charge in [-0.1, -0.05) is 18.1 Å². The highest BCUT2D eigenvalue weighted by molar-refractivity contribution is 5.79. The van der Waals surface area contributed by atoms with Gasteiger partial charge < -0.3 is 23.6 Å². The quantitative estimate of drug-likeness (QED) is 0.468. The Labute approximate surface area is 191 Å². The smallest absolute Gasteiger partial charge is 0.249 e. The molecule has 1 saturated heterocycles. The summed E-state index contributed by atoms with van der Waals surface area (Å²) in [5.74, 6) is 1.59. The lowest BCUT2D eigenvalue weighted by Gasteiger charge is -2.22. The fraction of sp³-hybridized carbons (Fsp3) is 0.375. The van der Waals surface area contributed by atoms with Gasteiger partial charge in [-0.3, -0.25) is 4.79 Å². The molecule has 0 bridgehead atoms. The highest BCUT2D eigenvalue weighted by atomic mass is 19.1. The topological polar surface area (TPSA) is 86.9 Å². The first kappa shape index (κ1) is 22.6. The summed E-state index contributed by atoms with van der Waals surface area (Å²) in [6.07, 6.45) is 1.80. The predicted octanol–water partition coefficient (Wildman–Crippen LogP) is 4.55. The Morgan fingerprint density at radius 3 is 2.64 bits per heavy atom. The molecule has 174 valence electrons. The molecule has 9 heteroatoms. The normalized spacial score (nSPS) is 15.7. The van der Waals surface area contributed by atoms with Crippen LogP contribution in [-0.4, -0.2) is 41.8 Å². The molecule has 1 amide bonds. The van der Waals surface area contributed by atoms with Crippen molar-refractivity contribution < 1.29 is 27.9 Å². The molecule has 0 N–H and O–H groups in total. The van der Waals surface area contributed by atoms with Crippen molar-refractivity contribution in [2.75, 3.05) is 20.8 Å². The van der Waals surface area contributed by atoms with Gasteiger partial charge in [-0.05, 0) is 48.7 Å². The largest absolute Gasteiger partial charge is 0.494 e. The van der Waals surface area contributed by atoms with Crippen LogP contribution in [0.2, 0.25) is 0 Å². The molecular formula is C24H26FN3O5. The Bertz CT molecular complexity index is 1130. The number of aromatic nitrogens is 2. The van der Waals surface area contributed by atoms with Crippen LogP contribution in [0, 0.1) is 5.82 Å². The molecule has 0 saturated carbocycles. The van der Waals surface area contributed by atoms with Crippen LogP contribution in [0.4, 0.5) is 4.39 Å². The second kappa shape index (κ2) is 9.89. The van der Waals surface area contributed by atoms with E-state index in [4.69, 9.17) is 18.7 Å². The number of halogens is 1. The monoisotopic (exact) mass is 455 g/mol. The molecule has 33 heavy (non-hydrogen) atoms. The van der Waals surface area contributed by atoms with Crippen molar-refractivity contribution in [2.45, 2.75) is 38.8 Å². The van der Waals surface area contributed by atoms with E-state index in [1.165, 1.54) is 13.2 Å². The van der Waals surface area contributed by atoms with Gasteiger partial charge in [0.15, 0.2) is 23.1 Å². The van der Waals surface area contributed by atoms with E-state index >= 15 is 0 Å². The highest BCUT2D eigenvalue weighted by Crippen LogP contribution is 2.36. The number of carbonyl (C=O) groups excluding carboxylic acids is 1. The van der Waals surface area contributed by atoms with Crippen molar-refractivity contribution in [3.05, 3.63) is 53.7 Å². The molecule has 2 aromatic carbocycles. The van der Waals surface area contributed by atoms with Gasteiger partial charge in [0.25, 0.3) is 0 Å². The van der Waals surface area contributed by atoms with Crippen LogP contribution in [0.3, 0.4) is 0 Å². The van der Waals surface area contributed by atoms with Gasteiger partial charge in [-0.2, -0.15) is 4.98 Å². The first-order valence-electron chi connectivity index (χ1n) is 10.8. The van der Waals surface area contributed by atoms with Crippen molar-refractivity contribution in [1.29, 1.82) is 0 Å². The molecule has 2 heterocycles. The third-order valence-corrected chi connectivity index (χ3v) is 5.51. The lowest BCUT2D eigenvalue weighted by Crippen LogP contribution is -2.27. The average molecular weight is 455 g/mol. The molecular weight excluding hydrogens is 429 g/mol. The van der Waals surface area contributed by atoms with E-state index in [1.807, 2.05) is 19.1 Å². The molecule has 1 aromatic heterocycles. The lowest BCUT2D eigenvalue weighted by molar-refractivity contribution is -0.130. The molecule has 1 aliphatic rings. The van der Waals surface area contributed by atoms with Crippen molar-refractivity contribution in [3.8, 4) is 28.6 Å². The first-order chi connectivity index (χ1) is 16.0. The van der Waals surface area contributed by atoms with E-state index in [2.05, 4.69) is 10.1 Å². The predicted molar refractivity (Wildman–Crippen MR) is 118 cm³/mol. The molecule has 1 atom stereocenters. The van der Waals surface area contributed by atoms with Crippen molar-refractivity contribution >= 4 is 5.91 Å². The lowest BCUT2D eigenvalue weighted by atomic mass is 10.1. The van der Waals surface area contributed by atoms with Crippen LogP contribution in [0.5, 0.6) is 17.2 Å². The standard InChI is InChI=1S/C24H26FN3O5/c1-4-11-32-20-9-6-16(13-21(20)31-3)23-26-24(33-27-23)18-7-10-22(29)28(18)14-15-5-8-19(30-2)17(25)12-15/h5-6,8-9,12-13,18H,4,7,10-11,14H2,1-3H3. The van der Waals surface area contributed by atoms with Gasteiger partial charge in [0.2, 0.25) is 17.6 Å². The zero-order chi connectivity index (χ0) is 23.4. The Hall–Kier alpha value is -3.62. The van der Waals surface area contributed by atoms with E-state index in [9.17, 15) is 9.18 Å². The number of hydrogen-bond donors (Lipinski definition) is 0. The maximum Gasteiger partial charge on any atom is 0.249 e. The second-order valence-corrected chi connectivity index (χ2v) is 7.72. The van der Waals surface area contributed by atoms with Crippen LogP contribution in [0.15, 0.2) is 40.9 Å². The van der Waals surface area contributed by atoms with E-state index in [0.29, 0.717) is 53.8 Å². The van der Waals surface area contributed by atoms with Gasteiger partial charge in [0.1, 0.15) is 6.04 Å². The molecule has 3 aromatic rings. The van der Waals surface area contributed by atoms with Gasteiger partial charge in [-0.25, -0.2) is 4.39 Å². The summed E-state index contributed by atoms with van der Waals surface area (Å²) in [5.41, 5.74) is 1.36. The second-order valence-electron chi connectivity index (χ2n) is 7.72. The summed E-state index contributed by atoms with van der Waals surface area (Å²) < 4.78 is 35.7. The zero-order valence-electron chi connectivity index (χ0n) is 18.8. The van der Waals surface area contributed by atoms with Crippen LogP contribution >= 0.6 is 0 Å². The number of methoxy groups -OCH3 is 2. The fourth-order valence-electron chi connectivity index (χ4n) is 3.82. The van der Waals surface area contributed by atoms with Gasteiger partial charge in [0, 0.05) is 18.5 Å². The number of benzene rings is 2. The van der Waals surface area contributed by atoms with E-state index in [-0.39, 0.29) is 24.2 Å². The molecule has 1 unspecified atom stereocenters. The van der Waals surface area contributed by atoms with Crippen LogP contribution in [0.25, 0.3) is 11.4 Å². The summed E-state index contributed by atoms with van der Waals surface area (Å²) in [6.45, 7) is 2.86. The molecule has 1 aliphatic heterocycles. The van der Waals surface area contributed by atoms with Crippen LogP contribution in [-0.2, 0) is 11.3 Å². The van der Waals surface area contributed by atoms with Crippen LogP contribution in [0.1, 0.15) is 43.7 Å². The zero-order valence-corrected chi connectivity index (χ0v) is 18.8. The summed E-state index contributed by atoms with van der Waals surface area (Å²) in [4.78, 5) is 18.7. The van der Waals surface area contributed by atoms with E-state index in [1.54, 1.807) is 30.2 Å². The van der Waals surface area contributed by atoms with E-state index in [0.717, 1.165) is 6.42 Å². The summed E-state index contributed by atoms with van der Waals surface area (Å²) in [7, 11) is 2.98. The first-order valence-corrected chi connectivity index (χ1v) is 10.8. The maximum absolute atomic E-state index is 14.1. The minimum atomic E-state index is -0.474. The Balaban J connectivity index is 1.54. The SMILES string of the molecule is CCCOc1ccc(-c2noc(C3CCC(=O)N3Cc3ccc(OC)c(F)c3)n2)cc1OC. The Morgan fingerprint density at radius 1 is 1.12 bits per heavy atom. The molecule has 8 nitrogen and oxygen atoms in total. The number of nitrogens with zero attached hydrogens (tertiary/aromatic N) is 3. The number of amides is 1. The molecule has 0 spiro atoms. The Morgan fingerprint density at radius 2 is 1.91 bits per heavy atom. The number of likely N-dealkylation sites (tertiary alicyclic amines) is 1. The summed E-state index contributed by atoms with van der Waals surface area (Å²) >= 11 is 0. The van der Waals surface area contributed by atoms with Gasteiger partial charge in [-0.15, -0.1) is 0 Å². The third-order valence-electron chi connectivity index (χ3n) is 5.51. The van der Waals surface area contributed by atoms with Crippen molar-refractivity contribution in [2.24, 2.45) is 0 Å². The molecule has 1 fully saturated rings. The van der Waals surface area contributed by atoms with Gasteiger partial charge in [0.05, 0.1) is 20.8 Å². The van der Waals surface area contributed by atoms with Gasteiger partial charge >= 0.3 is 0 Å². The fourth-order valence-corrected chi connectivity index (χ4v) is 3.82. The summed E-state index contributed by atoms with van der Waals surface area (Å²) in [6, 6.07) is 9.71. The highest BCUT2D eigenvalue weighted by Gasteiger charge is 2.36. The third kappa shape index (κ3) is 4.76. The summed E-state index contributed by atoms with van der Waals surface area (Å²) in [5, 5.41) is 4.10. The molecule has 4 rings (SSSR count). The number of rotatable bonds is 9. The van der Waals surface area contributed by atoms with Crippen LogP contribution < -0.4 is 14.2 Å².